The van der Waals surface area contributed by atoms with Gasteiger partial charge in [0.1, 0.15) is 16.5 Å². The molecular weight excluding hydrogens is 219 g/mol. The van der Waals surface area contributed by atoms with Crippen LogP contribution in [0.15, 0.2) is 17.0 Å². The summed E-state index contributed by atoms with van der Waals surface area (Å²) in [5, 5.41) is 0.0641. The molecule has 3 nitrogen and oxygen atoms in total. The quantitative estimate of drug-likeness (QED) is 0.783. The summed E-state index contributed by atoms with van der Waals surface area (Å²) >= 11 is 3.19. The van der Waals surface area contributed by atoms with Gasteiger partial charge in [-0.3, -0.25) is 0 Å². The molecule has 1 aromatic rings. The van der Waals surface area contributed by atoms with Gasteiger partial charge in [0.15, 0.2) is 11.1 Å². The summed E-state index contributed by atoms with van der Waals surface area (Å²) in [4.78, 5) is -0.346. The van der Waals surface area contributed by atoms with Gasteiger partial charge in [0.25, 0.3) is 0 Å². The third-order valence-electron chi connectivity index (χ3n) is 1.39. The Kier molecular flexibility index (Phi) is 3.24. The molecule has 1 atom stereocenters. The zero-order chi connectivity index (χ0) is 10.0. The Morgan fingerprint density at radius 1 is 1.62 bits per heavy atom. The molecule has 1 N–H and O–H groups in total. The molecule has 1 rings (SSSR count). The van der Waals surface area contributed by atoms with Crippen molar-refractivity contribution in [3.8, 4) is 5.75 Å². The molecular formula is C7H6ClFO3S. The summed E-state index contributed by atoms with van der Waals surface area (Å²) in [7, 11) is 1.34. The Labute approximate surface area is 81.8 Å². The summed E-state index contributed by atoms with van der Waals surface area (Å²) in [6, 6.07) is 2.03. The van der Waals surface area contributed by atoms with Crippen LogP contribution >= 0.6 is 11.6 Å². The van der Waals surface area contributed by atoms with E-state index in [2.05, 4.69) is 0 Å². The first-order chi connectivity index (χ1) is 6.06. The first-order valence-corrected chi connectivity index (χ1v) is 4.68. The number of methoxy groups -OCH3 is 1. The highest BCUT2D eigenvalue weighted by atomic mass is 35.5. The molecule has 0 saturated heterocycles. The van der Waals surface area contributed by atoms with E-state index < -0.39 is 16.9 Å². The van der Waals surface area contributed by atoms with Gasteiger partial charge in [0.05, 0.1) is 12.1 Å². The topological polar surface area (TPSA) is 46.5 Å². The first kappa shape index (κ1) is 10.4. The fourth-order valence-electron chi connectivity index (χ4n) is 0.801. The van der Waals surface area contributed by atoms with Crippen molar-refractivity contribution in [3.05, 3.63) is 23.0 Å². The number of hydrogen-bond acceptors (Lipinski definition) is 2. The van der Waals surface area contributed by atoms with E-state index in [4.69, 9.17) is 20.9 Å². The van der Waals surface area contributed by atoms with Crippen molar-refractivity contribution in [2.45, 2.75) is 4.90 Å². The number of benzene rings is 1. The lowest BCUT2D eigenvalue weighted by Crippen LogP contribution is -1.95. The largest absolute Gasteiger partial charge is 0.495 e. The van der Waals surface area contributed by atoms with Crippen LogP contribution in [0, 0.1) is 5.82 Å². The number of rotatable bonds is 2. The molecule has 1 unspecified atom stereocenters. The van der Waals surface area contributed by atoms with Gasteiger partial charge in [-0.05, 0) is 6.07 Å². The molecule has 0 aliphatic carbocycles. The number of hydrogen-bond donors (Lipinski definition) is 1. The van der Waals surface area contributed by atoms with Gasteiger partial charge in [-0.25, -0.2) is 8.60 Å². The molecule has 0 amide bonds. The highest BCUT2D eigenvalue weighted by Gasteiger charge is 2.12. The number of halogens is 2. The summed E-state index contributed by atoms with van der Waals surface area (Å²) in [6.07, 6.45) is 0. The molecule has 0 bridgehead atoms. The van der Waals surface area contributed by atoms with Crippen LogP contribution in [0.4, 0.5) is 4.39 Å². The van der Waals surface area contributed by atoms with Gasteiger partial charge >= 0.3 is 0 Å². The third-order valence-corrected chi connectivity index (χ3v) is 2.38. The van der Waals surface area contributed by atoms with E-state index in [-0.39, 0.29) is 15.7 Å². The maximum atomic E-state index is 12.9. The molecule has 0 radical (unpaired) electrons. The van der Waals surface area contributed by atoms with E-state index in [1.54, 1.807) is 0 Å². The summed E-state index contributed by atoms with van der Waals surface area (Å²) in [6.45, 7) is 0. The van der Waals surface area contributed by atoms with Crippen molar-refractivity contribution in [1.29, 1.82) is 0 Å². The SMILES string of the molecule is COc1cc(S(=O)O)c(F)cc1Cl. The van der Waals surface area contributed by atoms with E-state index in [9.17, 15) is 8.60 Å². The lowest BCUT2D eigenvalue weighted by Gasteiger charge is -2.04. The molecule has 0 aliphatic rings. The molecule has 13 heavy (non-hydrogen) atoms. The van der Waals surface area contributed by atoms with Crippen LogP contribution in [0.3, 0.4) is 0 Å². The van der Waals surface area contributed by atoms with Gasteiger partial charge in [-0.1, -0.05) is 11.6 Å². The highest BCUT2D eigenvalue weighted by Crippen LogP contribution is 2.28. The smallest absolute Gasteiger partial charge is 0.189 e. The molecule has 0 saturated carbocycles. The second-order valence-corrected chi connectivity index (χ2v) is 3.51. The van der Waals surface area contributed by atoms with Gasteiger partial charge < -0.3 is 9.29 Å². The maximum Gasteiger partial charge on any atom is 0.189 e. The van der Waals surface area contributed by atoms with E-state index >= 15 is 0 Å². The average Bonchev–Trinajstić information content (AvgIpc) is 2.03. The fourth-order valence-corrected chi connectivity index (χ4v) is 1.46. The summed E-state index contributed by atoms with van der Waals surface area (Å²) in [5.41, 5.74) is 0. The van der Waals surface area contributed by atoms with Crippen LogP contribution in [-0.2, 0) is 11.1 Å². The second-order valence-electron chi connectivity index (χ2n) is 2.17. The zero-order valence-electron chi connectivity index (χ0n) is 6.58. The van der Waals surface area contributed by atoms with Gasteiger partial charge in [-0.2, -0.15) is 0 Å². The van der Waals surface area contributed by atoms with Crippen LogP contribution < -0.4 is 4.74 Å². The lowest BCUT2D eigenvalue weighted by atomic mass is 10.3. The standard InChI is InChI=1S/C7H6ClFO3S/c1-12-6-3-7(13(10)11)5(9)2-4(6)8/h2-3H,1H3,(H,10,11). The number of ether oxygens (including phenoxy) is 1. The molecule has 0 heterocycles. The molecule has 0 spiro atoms. The molecule has 1 aromatic carbocycles. The minimum atomic E-state index is -2.37. The lowest BCUT2D eigenvalue weighted by molar-refractivity contribution is 0.411. The maximum absolute atomic E-state index is 12.9. The van der Waals surface area contributed by atoms with Gasteiger partial charge in [-0.15, -0.1) is 0 Å². The monoisotopic (exact) mass is 224 g/mol. The Hall–Kier alpha value is -0.650. The van der Waals surface area contributed by atoms with Crippen molar-refractivity contribution < 1.29 is 17.9 Å². The van der Waals surface area contributed by atoms with Crippen molar-refractivity contribution in [2.24, 2.45) is 0 Å². The predicted molar refractivity (Wildman–Crippen MR) is 47.0 cm³/mol. The average molecular weight is 225 g/mol. The Balaban J connectivity index is 3.30. The van der Waals surface area contributed by atoms with Crippen molar-refractivity contribution in [2.75, 3.05) is 7.11 Å². The third kappa shape index (κ3) is 2.18. The first-order valence-electron chi connectivity index (χ1n) is 3.20. The Bertz CT molecular complexity index is 356. The van der Waals surface area contributed by atoms with Gasteiger partial charge in [0, 0.05) is 6.07 Å². The van der Waals surface area contributed by atoms with Crippen LogP contribution in [0.5, 0.6) is 5.75 Å². The van der Waals surface area contributed by atoms with Crippen molar-refractivity contribution in [3.63, 3.8) is 0 Å². The molecule has 0 aliphatic heterocycles. The van der Waals surface area contributed by atoms with E-state index in [1.165, 1.54) is 7.11 Å². The van der Waals surface area contributed by atoms with Gasteiger partial charge in [0.2, 0.25) is 0 Å². The highest BCUT2D eigenvalue weighted by molar-refractivity contribution is 7.79. The van der Waals surface area contributed by atoms with Crippen LogP contribution in [0.2, 0.25) is 5.02 Å². The summed E-state index contributed by atoms with van der Waals surface area (Å²) < 4.78 is 36.9. The Morgan fingerprint density at radius 3 is 2.69 bits per heavy atom. The van der Waals surface area contributed by atoms with Crippen LogP contribution in [-0.4, -0.2) is 15.9 Å². The second kappa shape index (κ2) is 4.04. The Morgan fingerprint density at radius 2 is 2.23 bits per heavy atom. The van der Waals surface area contributed by atoms with Crippen LogP contribution in [0.25, 0.3) is 0 Å². The normalized spacial score (nSPS) is 12.6. The molecule has 0 fully saturated rings. The molecule has 6 heteroatoms. The van der Waals surface area contributed by atoms with E-state index in [0.717, 1.165) is 12.1 Å². The minimum absolute atomic E-state index is 0.0641. The zero-order valence-corrected chi connectivity index (χ0v) is 8.16. The summed E-state index contributed by atoms with van der Waals surface area (Å²) in [5.74, 6) is -0.660. The molecule has 72 valence electrons. The van der Waals surface area contributed by atoms with E-state index in [0.29, 0.717) is 0 Å². The van der Waals surface area contributed by atoms with Crippen LogP contribution in [0.1, 0.15) is 0 Å². The predicted octanol–water partition coefficient (Wildman–Crippen LogP) is 2.07. The van der Waals surface area contributed by atoms with Crippen molar-refractivity contribution in [1.82, 2.24) is 0 Å². The van der Waals surface area contributed by atoms with E-state index in [1.807, 2.05) is 0 Å². The fraction of sp³-hybridized carbons (Fsp3) is 0.143. The molecule has 0 aromatic heterocycles. The van der Waals surface area contributed by atoms with Crippen molar-refractivity contribution >= 4 is 22.7 Å². The minimum Gasteiger partial charge on any atom is -0.495 e.